The maximum absolute atomic E-state index is 13.7. The lowest BCUT2D eigenvalue weighted by atomic mass is 9.80. The highest BCUT2D eigenvalue weighted by Gasteiger charge is 2.43. The molecule has 1 aliphatic heterocycles. The molecule has 11 heteroatoms. The van der Waals surface area contributed by atoms with Gasteiger partial charge in [-0.2, -0.15) is 0 Å². The van der Waals surface area contributed by atoms with Gasteiger partial charge in [0.1, 0.15) is 12.8 Å². The molecule has 0 aliphatic carbocycles. The van der Waals surface area contributed by atoms with E-state index in [1.54, 1.807) is 33.0 Å². The minimum absolute atomic E-state index is 0.00416. The number of methoxy groups -OCH3 is 2. The van der Waals surface area contributed by atoms with E-state index in [2.05, 4.69) is 39.1 Å². The van der Waals surface area contributed by atoms with Crippen LogP contribution in [-0.2, 0) is 30.2 Å². The Kier molecular flexibility index (Phi) is 17.2. The van der Waals surface area contributed by atoms with Crippen LogP contribution in [0.25, 0.3) is 0 Å². The summed E-state index contributed by atoms with van der Waals surface area (Å²) in [6.07, 6.45) is 2.34. The molecule has 3 amide bonds. The van der Waals surface area contributed by atoms with Crippen molar-refractivity contribution in [1.82, 2.24) is 10.2 Å². The first kappa shape index (κ1) is 42.1. The highest BCUT2D eigenvalue weighted by Crippen LogP contribution is 2.36. The Morgan fingerprint density at radius 2 is 1.69 bits per heavy atom. The molecule has 1 heterocycles. The second-order valence-electron chi connectivity index (χ2n) is 15.4. The van der Waals surface area contributed by atoms with Gasteiger partial charge in [0.2, 0.25) is 11.8 Å². The minimum Gasteiger partial charge on any atom is -0.493 e. The maximum Gasteiger partial charge on any atom is 0.412 e. The van der Waals surface area contributed by atoms with Crippen LogP contribution in [0.3, 0.4) is 0 Å². The first-order valence-corrected chi connectivity index (χ1v) is 18.0. The molecule has 280 valence electrons. The minimum atomic E-state index is -0.877. The second-order valence-corrected chi connectivity index (χ2v) is 15.4. The third-order valence-corrected chi connectivity index (χ3v) is 9.56. The fourth-order valence-corrected chi connectivity index (χ4v) is 6.24. The van der Waals surface area contributed by atoms with E-state index in [-0.39, 0.29) is 55.2 Å². The van der Waals surface area contributed by atoms with Crippen LogP contribution in [0.15, 0.2) is 18.2 Å². The van der Waals surface area contributed by atoms with Crippen molar-refractivity contribution in [2.45, 2.75) is 113 Å². The van der Waals surface area contributed by atoms with E-state index in [1.165, 1.54) is 0 Å². The average molecular weight is 692 g/mol. The zero-order chi connectivity index (χ0) is 36.9. The molecule has 0 spiro atoms. The molecule has 11 nitrogen and oxygen atoms in total. The zero-order valence-corrected chi connectivity index (χ0v) is 32.0. The maximum atomic E-state index is 13.7. The van der Waals surface area contributed by atoms with Gasteiger partial charge in [0.15, 0.2) is 11.5 Å². The summed E-state index contributed by atoms with van der Waals surface area (Å²) >= 11 is 0. The summed E-state index contributed by atoms with van der Waals surface area (Å²) in [6.45, 7) is 19.3. The van der Waals surface area contributed by atoms with Gasteiger partial charge in [0.05, 0.1) is 31.3 Å². The molecule has 1 aliphatic rings. The Morgan fingerprint density at radius 3 is 2.27 bits per heavy atom. The average Bonchev–Trinajstić information content (AvgIpc) is 3.41. The van der Waals surface area contributed by atoms with E-state index in [9.17, 15) is 14.4 Å². The molecule has 1 aromatic carbocycles. The SMILES string of the molecule is COCCCOc1cc(C[C@H](C[C@H]2[C@H](C[C@H](C(=O)NCC(C)(C)C(N)=O)C(C)C)OCN2C(=O)OC(C)CC(C)C)C(C)C)ccc1OC. The predicted octanol–water partition coefficient (Wildman–Crippen LogP) is 6.20. The number of nitrogens with two attached hydrogens (primary N) is 1. The first-order chi connectivity index (χ1) is 23.0. The number of ether oxygens (including phenoxy) is 5. The molecule has 1 unspecified atom stereocenters. The van der Waals surface area contributed by atoms with Gasteiger partial charge in [-0.05, 0) is 87.8 Å². The van der Waals surface area contributed by atoms with Crippen LogP contribution < -0.4 is 20.5 Å². The Morgan fingerprint density at radius 1 is 1.00 bits per heavy atom. The lowest BCUT2D eigenvalue weighted by Gasteiger charge is -2.33. The smallest absolute Gasteiger partial charge is 0.412 e. The Hall–Kier alpha value is -3.05. The van der Waals surface area contributed by atoms with Crippen LogP contribution in [0.5, 0.6) is 11.5 Å². The lowest BCUT2D eigenvalue weighted by molar-refractivity contribution is -0.130. The van der Waals surface area contributed by atoms with Crippen LogP contribution >= 0.6 is 0 Å². The topological polar surface area (TPSA) is 139 Å². The summed E-state index contributed by atoms with van der Waals surface area (Å²) in [5, 5.41) is 2.95. The lowest BCUT2D eigenvalue weighted by Crippen LogP contribution is -2.47. The summed E-state index contributed by atoms with van der Waals surface area (Å²) < 4.78 is 29.1. The molecule has 1 fully saturated rings. The van der Waals surface area contributed by atoms with Crippen molar-refractivity contribution in [3.8, 4) is 11.5 Å². The largest absolute Gasteiger partial charge is 0.493 e. The van der Waals surface area contributed by atoms with E-state index in [4.69, 9.17) is 29.4 Å². The fraction of sp³-hybridized carbons (Fsp3) is 0.763. The van der Waals surface area contributed by atoms with Crippen LogP contribution in [0, 0.1) is 35.0 Å². The van der Waals surface area contributed by atoms with Gasteiger partial charge in [0.25, 0.3) is 0 Å². The highest BCUT2D eigenvalue weighted by atomic mass is 16.6. The van der Waals surface area contributed by atoms with E-state index in [0.29, 0.717) is 43.5 Å². The zero-order valence-electron chi connectivity index (χ0n) is 32.0. The molecule has 49 heavy (non-hydrogen) atoms. The number of hydrogen-bond acceptors (Lipinski definition) is 8. The van der Waals surface area contributed by atoms with Gasteiger partial charge in [-0.15, -0.1) is 0 Å². The van der Waals surface area contributed by atoms with Crippen LogP contribution in [-0.4, -0.2) is 81.8 Å². The summed E-state index contributed by atoms with van der Waals surface area (Å²) in [4.78, 5) is 40.8. The summed E-state index contributed by atoms with van der Waals surface area (Å²) in [5.74, 6) is 1.17. The second kappa shape index (κ2) is 20.0. The Bertz CT molecular complexity index is 1190. The third kappa shape index (κ3) is 13.3. The van der Waals surface area contributed by atoms with Gasteiger partial charge < -0.3 is 34.7 Å². The molecule has 0 radical (unpaired) electrons. The molecule has 1 aromatic rings. The van der Waals surface area contributed by atoms with E-state index < -0.39 is 23.3 Å². The predicted molar refractivity (Wildman–Crippen MR) is 191 cm³/mol. The van der Waals surface area contributed by atoms with Crippen molar-refractivity contribution >= 4 is 17.9 Å². The van der Waals surface area contributed by atoms with Crippen molar-refractivity contribution < 1.29 is 38.1 Å². The summed E-state index contributed by atoms with van der Waals surface area (Å²) in [6, 6.07) is 5.73. The molecule has 0 saturated carbocycles. The van der Waals surface area contributed by atoms with Crippen LogP contribution in [0.2, 0.25) is 0 Å². The van der Waals surface area contributed by atoms with E-state index in [0.717, 1.165) is 24.8 Å². The number of hydrogen-bond donors (Lipinski definition) is 2. The standard InChI is InChI=1S/C38H65N3O8/c1-24(2)17-27(7)49-37(44)41-23-48-33(21-30(26(5)6)35(42)40-22-38(8,9)36(39)43)31(41)20-29(25(3)4)18-28-13-14-32(46-11)34(19-28)47-16-12-15-45-10/h13-14,19,24-27,29-31,33H,12,15-18,20-23H2,1-11H3,(H2,39,43)(H,40,42)/t27?,29-,30+,31+,33+/m1/s1. The molecule has 0 bridgehead atoms. The van der Waals surface area contributed by atoms with Crippen molar-refractivity contribution in [3.63, 3.8) is 0 Å². The number of carbonyl (C=O) groups excluding carboxylic acids is 3. The first-order valence-electron chi connectivity index (χ1n) is 18.0. The van der Waals surface area contributed by atoms with Gasteiger partial charge in [-0.25, -0.2) is 4.79 Å². The highest BCUT2D eigenvalue weighted by molar-refractivity contribution is 5.83. The molecule has 0 aromatic heterocycles. The van der Waals surface area contributed by atoms with Crippen LogP contribution in [0.1, 0.15) is 93.6 Å². The number of amides is 3. The molecule has 2 rings (SSSR count). The molecule has 3 N–H and O–H groups in total. The van der Waals surface area contributed by atoms with Crippen molar-refractivity contribution in [2.24, 2.45) is 40.7 Å². The number of primary amides is 1. The number of nitrogens with zero attached hydrogens (tertiary/aromatic N) is 1. The van der Waals surface area contributed by atoms with Crippen molar-refractivity contribution in [2.75, 3.05) is 40.7 Å². The van der Waals surface area contributed by atoms with E-state index >= 15 is 0 Å². The normalized spacial score (nSPS) is 18.4. The third-order valence-electron chi connectivity index (χ3n) is 9.56. The van der Waals surface area contributed by atoms with Gasteiger partial charge in [-0.3, -0.25) is 14.5 Å². The Balaban J connectivity index is 2.36. The van der Waals surface area contributed by atoms with Crippen molar-refractivity contribution in [1.29, 1.82) is 0 Å². The fourth-order valence-electron chi connectivity index (χ4n) is 6.24. The quantitative estimate of drug-likeness (QED) is 0.145. The number of benzene rings is 1. The molecular weight excluding hydrogens is 626 g/mol. The van der Waals surface area contributed by atoms with Gasteiger partial charge in [0, 0.05) is 32.6 Å². The molecule has 1 saturated heterocycles. The Labute approximate surface area is 295 Å². The summed E-state index contributed by atoms with van der Waals surface area (Å²) in [5.41, 5.74) is 5.78. The number of carbonyl (C=O) groups is 3. The van der Waals surface area contributed by atoms with Crippen LogP contribution in [0.4, 0.5) is 4.79 Å². The number of rotatable bonds is 21. The monoisotopic (exact) mass is 691 g/mol. The summed E-state index contributed by atoms with van der Waals surface area (Å²) in [7, 11) is 3.30. The molecular formula is C38H65N3O8. The van der Waals surface area contributed by atoms with Gasteiger partial charge in [-0.1, -0.05) is 47.6 Å². The number of nitrogens with one attached hydrogen (secondary N) is 1. The van der Waals surface area contributed by atoms with Gasteiger partial charge >= 0.3 is 6.09 Å². The van der Waals surface area contributed by atoms with Crippen molar-refractivity contribution in [3.05, 3.63) is 23.8 Å². The van der Waals surface area contributed by atoms with E-state index in [1.807, 2.05) is 32.9 Å². The molecule has 5 atom stereocenters.